The van der Waals surface area contributed by atoms with Crippen LogP contribution in [0.3, 0.4) is 0 Å². The minimum absolute atomic E-state index is 0.0108. The fourth-order valence-corrected chi connectivity index (χ4v) is 3.65. The molecule has 6 nitrogen and oxygen atoms in total. The lowest BCUT2D eigenvalue weighted by atomic mass is 10.0. The number of cyclic esters (lactones) is 1. The molecule has 0 saturated carbocycles. The average Bonchev–Trinajstić information content (AvgIpc) is 2.95. The number of thiocarbonyl (C=S) groups is 1. The van der Waals surface area contributed by atoms with E-state index in [4.69, 9.17) is 21.7 Å². The molecule has 2 heterocycles. The molecule has 1 aromatic rings. The largest absolute Gasteiger partial charge is 0.492 e. The zero-order valence-electron chi connectivity index (χ0n) is 14.7. The number of ether oxygens (including phenoxy) is 2. The second-order valence-corrected chi connectivity index (χ2v) is 6.81. The Kier molecular flexibility index (Phi) is 5.63. The van der Waals surface area contributed by atoms with E-state index in [0.717, 1.165) is 37.4 Å². The molecule has 1 amide bonds. The second kappa shape index (κ2) is 7.91. The first-order valence-electron chi connectivity index (χ1n) is 8.83. The minimum Gasteiger partial charge on any atom is -0.492 e. The van der Waals surface area contributed by atoms with E-state index >= 15 is 0 Å². The Morgan fingerprint density at radius 3 is 2.72 bits per heavy atom. The number of nitrogens with one attached hydrogen (secondary N) is 1. The molecule has 136 valence electrons. The van der Waals surface area contributed by atoms with Gasteiger partial charge in [-0.2, -0.15) is 0 Å². The molecule has 1 unspecified atom stereocenters. The smallest absolute Gasteiger partial charge is 0.410 e. The third-order valence-electron chi connectivity index (χ3n) is 4.61. The maximum absolute atomic E-state index is 11.9. The summed E-state index contributed by atoms with van der Waals surface area (Å²) in [6, 6.07) is 8.04. The number of hydrogen-bond acceptors (Lipinski definition) is 4. The van der Waals surface area contributed by atoms with Crippen molar-refractivity contribution >= 4 is 29.1 Å². The van der Waals surface area contributed by atoms with E-state index in [1.54, 1.807) is 0 Å². The van der Waals surface area contributed by atoms with Gasteiger partial charge in [0.05, 0.1) is 18.8 Å². The minimum atomic E-state index is -0.183. The number of carbonyl (C=O) groups is 1. The summed E-state index contributed by atoms with van der Waals surface area (Å²) >= 11 is 5.57. The fourth-order valence-electron chi connectivity index (χ4n) is 3.35. The third kappa shape index (κ3) is 4.15. The number of amides is 1. The summed E-state index contributed by atoms with van der Waals surface area (Å²) in [7, 11) is 0. The van der Waals surface area contributed by atoms with Gasteiger partial charge >= 0.3 is 6.09 Å². The van der Waals surface area contributed by atoms with Gasteiger partial charge in [-0.3, -0.25) is 0 Å². The molecular weight excluding hydrogens is 338 g/mol. The predicted molar refractivity (Wildman–Crippen MR) is 101 cm³/mol. The lowest BCUT2D eigenvalue weighted by Gasteiger charge is -2.37. The monoisotopic (exact) mass is 363 g/mol. The van der Waals surface area contributed by atoms with Crippen LogP contribution in [0.5, 0.6) is 5.75 Å². The number of para-hydroxylation sites is 2. The first-order chi connectivity index (χ1) is 12.1. The van der Waals surface area contributed by atoms with E-state index in [-0.39, 0.29) is 18.2 Å². The number of likely N-dealkylation sites (tertiary alicyclic amines) is 1. The lowest BCUT2D eigenvalue weighted by molar-refractivity contribution is 0.123. The van der Waals surface area contributed by atoms with Gasteiger partial charge in [0.1, 0.15) is 11.9 Å². The molecule has 2 saturated heterocycles. The molecule has 2 aliphatic rings. The summed E-state index contributed by atoms with van der Waals surface area (Å²) in [6.07, 6.45) is 1.61. The SMILES string of the molecule is CCOc1ccccc1NC(=S)N1CCC(N2CC(C)OC2=O)CC1. The highest BCUT2D eigenvalue weighted by Crippen LogP contribution is 2.26. The van der Waals surface area contributed by atoms with Crippen LogP contribution in [-0.2, 0) is 4.74 Å². The molecule has 2 fully saturated rings. The van der Waals surface area contributed by atoms with Gasteiger partial charge in [0.25, 0.3) is 0 Å². The molecule has 0 aliphatic carbocycles. The summed E-state index contributed by atoms with van der Waals surface area (Å²) in [5.74, 6) is 0.802. The van der Waals surface area contributed by atoms with E-state index in [1.165, 1.54) is 0 Å². The van der Waals surface area contributed by atoms with Gasteiger partial charge < -0.3 is 24.6 Å². The van der Waals surface area contributed by atoms with Crippen molar-refractivity contribution in [1.29, 1.82) is 0 Å². The van der Waals surface area contributed by atoms with Crippen LogP contribution in [0.2, 0.25) is 0 Å². The predicted octanol–water partition coefficient (Wildman–Crippen LogP) is 3.09. The van der Waals surface area contributed by atoms with Crippen molar-refractivity contribution in [3.8, 4) is 5.75 Å². The van der Waals surface area contributed by atoms with Crippen LogP contribution >= 0.6 is 12.2 Å². The van der Waals surface area contributed by atoms with E-state index in [9.17, 15) is 4.79 Å². The van der Waals surface area contributed by atoms with Crippen LogP contribution in [0.4, 0.5) is 10.5 Å². The number of carbonyl (C=O) groups excluding carboxylic acids is 1. The Hall–Kier alpha value is -2.02. The van der Waals surface area contributed by atoms with Gasteiger partial charge in [0.15, 0.2) is 5.11 Å². The summed E-state index contributed by atoms with van der Waals surface area (Å²) in [5.41, 5.74) is 0.883. The molecule has 7 heteroatoms. The quantitative estimate of drug-likeness (QED) is 0.830. The molecule has 0 spiro atoms. The van der Waals surface area contributed by atoms with Crippen LogP contribution in [0, 0.1) is 0 Å². The highest BCUT2D eigenvalue weighted by Gasteiger charge is 2.35. The summed E-state index contributed by atoms with van der Waals surface area (Å²) in [5, 5.41) is 3.99. The summed E-state index contributed by atoms with van der Waals surface area (Å²) < 4.78 is 10.9. The van der Waals surface area contributed by atoms with Crippen molar-refractivity contribution in [2.45, 2.75) is 38.8 Å². The van der Waals surface area contributed by atoms with Crippen molar-refractivity contribution in [2.75, 3.05) is 31.6 Å². The number of hydrogen-bond donors (Lipinski definition) is 1. The highest BCUT2D eigenvalue weighted by atomic mass is 32.1. The summed E-state index contributed by atoms with van der Waals surface area (Å²) in [4.78, 5) is 15.9. The molecule has 0 bridgehead atoms. The Bertz CT molecular complexity index is 632. The molecule has 25 heavy (non-hydrogen) atoms. The molecule has 2 aliphatic heterocycles. The molecule has 0 aromatic heterocycles. The Balaban J connectivity index is 1.54. The van der Waals surface area contributed by atoms with E-state index in [0.29, 0.717) is 18.3 Å². The zero-order valence-corrected chi connectivity index (χ0v) is 15.6. The van der Waals surface area contributed by atoms with Gasteiger partial charge in [-0.15, -0.1) is 0 Å². The van der Waals surface area contributed by atoms with Crippen LogP contribution in [0.1, 0.15) is 26.7 Å². The van der Waals surface area contributed by atoms with E-state index < -0.39 is 0 Å². The molecule has 1 atom stereocenters. The average molecular weight is 363 g/mol. The van der Waals surface area contributed by atoms with Gasteiger partial charge in [0.2, 0.25) is 0 Å². The van der Waals surface area contributed by atoms with Gasteiger partial charge in [-0.05, 0) is 51.0 Å². The van der Waals surface area contributed by atoms with E-state index in [2.05, 4.69) is 10.2 Å². The molecule has 1 N–H and O–H groups in total. The molecular formula is C18H25N3O3S. The Morgan fingerprint density at radius 2 is 2.08 bits per heavy atom. The van der Waals surface area contributed by atoms with Crippen LogP contribution in [0.15, 0.2) is 24.3 Å². The van der Waals surface area contributed by atoms with Crippen LogP contribution < -0.4 is 10.1 Å². The van der Waals surface area contributed by atoms with Crippen LogP contribution in [0.25, 0.3) is 0 Å². The van der Waals surface area contributed by atoms with Crippen LogP contribution in [-0.4, -0.2) is 59.4 Å². The van der Waals surface area contributed by atoms with Gasteiger partial charge in [-0.25, -0.2) is 4.79 Å². The number of anilines is 1. The van der Waals surface area contributed by atoms with E-state index in [1.807, 2.05) is 43.0 Å². The maximum atomic E-state index is 11.9. The Morgan fingerprint density at radius 1 is 1.36 bits per heavy atom. The number of benzene rings is 1. The number of piperidine rings is 1. The second-order valence-electron chi connectivity index (χ2n) is 6.42. The molecule has 1 aromatic carbocycles. The van der Waals surface area contributed by atoms with Crippen molar-refractivity contribution in [2.24, 2.45) is 0 Å². The number of rotatable bonds is 4. The summed E-state index contributed by atoms with van der Waals surface area (Å²) in [6.45, 7) is 6.85. The van der Waals surface area contributed by atoms with Gasteiger partial charge in [-0.1, -0.05) is 12.1 Å². The van der Waals surface area contributed by atoms with Crippen molar-refractivity contribution in [3.05, 3.63) is 24.3 Å². The number of nitrogens with zero attached hydrogens (tertiary/aromatic N) is 2. The van der Waals surface area contributed by atoms with Gasteiger partial charge in [0, 0.05) is 19.1 Å². The molecule has 0 radical (unpaired) electrons. The lowest BCUT2D eigenvalue weighted by Crippen LogP contribution is -2.48. The normalized spacial score (nSPS) is 21.2. The topological polar surface area (TPSA) is 54.0 Å². The molecule has 3 rings (SSSR count). The third-order valence-corrected chi connectivity index (χ3v) is 4.97. The maximum Gasteiger partial charge on any atom is 0.410 e. The van der Waals surface area contributed by atoms with Crippen molar-refractivity contribution in [1.82, 2.24) is 9.80 Å². The zero-order chi connectivity index (χ0) is 17.8. The standard InChI is InChI=1S/C18H25N3O3S/c1-3-23-16-7-5-4-6-15(16)19-17(25)20-10-8-14(9-11-20)21-12-13(2)24-18(21)22/h4-7,13-14H,3,8-12H2,1-2H3,(H,19,25). The first-order valence-corrected chi connectivity index (χ1v) is 9.24. The highest BCUT2D eigenvalue weighted by molar-refractivity contribution is 7.80. The first kappa shape index (κ1) is 17.8. The Labute approximate surface area is 154 Å². The van der Waals surface area contributed by atoms with Crippen molar-refractivity contribution < 1.29 is 14.3 Å². The van der Waals surface area contributed by atoms with Crippen molar-refractivity contribution in [3.63, 3.8) is 0 Å². The fraction of sp³-hybridized carbons (Fsp3) is 0.556.